The van der Waals surface area contributed by atoms with Crippen molar-refractivity contribution in [2.24, 2.45) is 5.92 Å². The van der Waals surface area contributed by atoms with Crippen LogP contribution in [0.15, 0.2) is 59.4 Å². The van der Waals surface area contributed by atoms with Crippen LogP contribution >= 0.6 is 11.3 Å². The molecule has 38 heavy (non-hydrogen) atoms. The highest BCUT2D eigenvalue weighted by Crippen LogP contribution is 2.39. The molecule has 1 atom stereocenters. The summed E-state index contributed by atoms with van der Waals surface area (Å²) >= 11 is 1.17. The third-order valence-electron chi connectivity index (χ3n) is 6.43. The molecule has 0 aliphatic heterocycles. The number of rotatable bonds is 11. The van der Waals surface area contributed by atoms with Crippen LogP contribution in [0.3, 0.4) is 0 Å². The fourth-order valence-corrected chi connectivity index (χ4v) is 5.51. The number of para-hydroxylation sites is 1. The molecular formula is C28H29N3O6S. The summed E-state index contributed by atoms with van der Waals surface area (Å²) in [5.41, 5.74) is 0.686. The zero-order valence-electron chi connectivity index (χ0n) is 21.2. The summed E-state index contributed by atoms with van der Waals surface area (Å²) in [5.74, 6) is -0.957. The van der Waals surface area contributed by atoms with Crippen LogP contribution in [0.2, 0.25) is 0 Å². The summed E-state index contributed by atoms with van der Waals surface area (Å²) in [6.45, 7) is 1.79. The first-order valence-corrected chi connectivity index (χ1v) is 13.1. The lowest BCUT2D eigenvalue weighted by Gasteiger charge is -2.16. The Balaban J connectivity index is 1.72. The predicted molar refractivity (Wildman–Crippen MR) is 147 cm³/mol. The number of ether oxygens (including phenoxy) is 1. The first-order valence-electron chi connectivity index (χ1n) is 12.3. The minimum atomic E-state index is -0.593. The normalized spacial score (nSPS) is 11.9. The van der Waals surface area contributed by atoms with E-state index < -0.39 is 24.0 Å². The molecule has 4 aromatic rings. The number of aromatic nitrogens is 1. The van der Waals surface area contributed by atoms with Gasteiger partial charge in [0, 0.05) is 24.0 Å². The Morgan fingerprint density at radius 1 is 1.03 bits per heavy atom. The van der Waals surface area contributed by atoms with Crippen molar-refractivity contribution in [2.45, 2.75) is 19.9 Å². The van der Waals surface area contributed by atoms with Crippen LogP contribution in [-0.2, 0) is 11.3 Å². The lowest BCUT2D eigenvalue weighted by Crippen LogP contribution is -2.37. The summed E-state index contributed by atoms with van der Waals surface area (Å²) in [6, 6.07) is 16.1. The Morgan fingerprint density at radius 2 is 1.71 bits per heavy atom. The van der Waals surface area contributed by atoms with Gasteiger partial charge in [0.2, 0.25) is 5.91 Å². The van der Waals surface area contributed by atoms with Crippen LogP contribution in [0.4, 0.5) is 0 Å². The molecule has 10 heteroatoms. The minimum absolute atomic E-state index is 0.0446. The average molecular weight is 536 g/mol. The van der Waals surface area contributed by atoms with Crippen molar-refractivity contribution in [1.82, 2.24) is 15.2 Å². The van der Waals surface area contributed by atoms with Gasteiger partial charge in [0.1, 0.15) is 16.9 Å². The molecule has 0 radical (unpaired) electrons. The standard InChI is InChI=1S/C28H29N3O6S/c1-3-17(13-29-22(34)16-32)14-30-27(35)26-24(37-2)23-25(38-26)19-11-7-8-12-20(19)31(28(23)36)15-21(33)18-9-5-4-6-10-18/h4-12,17,32H,3,13-16H2,1-2H3,(H,29,34)(H,30,35). The summed E-state index contributed by atoms with van der Waals surface area (Å²) < 4.78 is 7.63. The summed E-state index contributed by atoms with van der Waals surface area (Å²) in [6.07, 6.45) is 0.695. The first-order chi connectivity index (χ1) is 18.4. The lowest BCUT2D eigenvalue weighted by molar-refractivity contribution is -0.123. The van der Waals surface area contributed by atoms with E-state index in [1.165, 1.54) is 23.0 Å². The number of Topliss-reactive ketones (excluding diaryl/α,β-unsaturated/α-hetero) is 1. The highest BCUT2D eigenvalue weighted by Gasteiger charge is 2.26. The van der Waals surface area contributed by atoms with Gasteiger partial charge in [-0.15, -0.1) is 11.3 Å². The fraction of sp³-hybridized carbons (Fsp3) is 0.286. The Labute approximate surface area is 223 Å². The van der Waals surface area contributed by atoms with E-state index in [2.05, 4.69) is 10.6 Å². The van der Waals surface area contributed by atoms with E-state index in [4.69, 9.17) is 9.84 Å². The molecule has 1 unspecified atom stereocenters. The maximum atomic E-state index is 13.8. The molecule has 0 spiro atoms. The molecule has 0 aliphatic rings. The number of hydrogen-bond acceptors (Lipinski definition) is 7. The number of pyridine rings is 1. The number of thiophene rings is 1. The van der Waals surface area contributed by atoms with Crippen molar-refractivity contribution in [3.05, 3.63) is 75.4 Å². The third kappa shape index (κ3) is 5.46. The zero-order valence-corrected chi connectivity index (χ0v) is 22.0. The summed E-state index contributed by atoms with van der Waals surface area (Å²) in [5, 5.41) is 15.4. The molecule has 3 N–H and O–H groups in total. The van der Waals surface area contributed by atoms with Crippen LogP contribution in [0.1, 0.15) is 33.4 Å². The third-order valence-corrected chi connectivity index (χ3v) is 7.63. The number of nitrogens with one attached hydrogen (secondary N) is 2. The molecule has 9 nitrogen and oxygen atoms in total. The van der Waals surface area contributed by atoms with Crippen LogP contribution in [0.5, 0.6) is 5.75 Å². The number of hydrogen-bond donors (Lipinski definition) is 3. The van der Waals surface area contributed by atoms with Crippen molar-refractivity contribution < 1.29 is 24.2 Å². The van der Waals surface area contributed by atoms with Crippen LogP contribution in [0.25, 0.3) is 21.0 Å². The Morgan fingerprint density at radius 3 is 2.39 bits per heavy atom. The van der Waals surface area contributed by atoms with E-state index in [-0.39, 0.29) is 40.8 Å². The second kappa shape index (κ2) is 12.0. The topological polar surface area (TPSA) is 127 Å². The number of fused-ring (bicyclic) bond motifs is 3. The van der Waals surface area contributed by atoms with Crippen molar-refractivity contribution in [3.63, 3.8) is 0 Å². The van der Waals surface area contributed by atoms with Gasteiger partial charge in [0.05, 0.1) is 23.9 Å². The predicted octanol–water partition coefficient (Wildman–Crippen LogP) is 2.97. The Kier molecular flexibility index (Phi) is 8.55. The van der Waals surface area contributed by atoms with E-state index in [0.717, 1.165) is 5.39 Å². The fourth-order valence-electron chi connectivity index (χ4n) is 4.30. The minimum Gasteiger partial charge on any atom is -0.494 e. The van der Waals surface area contributed by atoms with E-state index in [0.29, 0.717) is 28.7 Å². The Hall–Kier alpha value is -4.02. The molecule has 198 valence electrons. The molecular weight excluding hydrogens is 506 g/mol. The highest BCUT2D eigenvalue weighted by molar-refractivity contribution is 7.22. The number of aliphatic hydroxyl groups is 1. The molecule has 2 aromatic carbocycles. The van der Waals surface area contributed by atoms with Crippen LogP contribution in [-0.4, -0.2) is 54.1 Å². The lowest BCUT2D eigenvalue weighted by atomic mass is 10.1. The maximum absolute atomic E-state index is 13.8. The number of nitrogens with zero attached hydrogens (tertiary/aromatic N) is 1. The molecule has 4 rings (SSSR count). The van der Waals surface area contributed by atoms with Gasteiger partial charge in [0.25, 0.3) is 11.5 Å². The van der Waals surface area contributed by atoms with Crippen molar-refractivity contribution in [3.8, 4) is 5.75 Å². The monoisotopic (exact) mass is 535 g/mol. The van der Waals surface area contributed by atoms with Crippen molar-refractivity contribution in [1.29, 1.82) is 0 Å². The van der Waals surface area contributed by atoms with E-state index >= 15 is 0 Å². The molecule has 0 aliphatic carbocycles. The molecule has 2 aromatic heterocycles. The van der Waals surface area contributed by atoms with Gasteiger partial charge in [-0.2, -0.15) is 0 Å². The molecule has 0 bridgehead atoms. The van der Waals surface area contributed by atoms with Crippen LogP contribution < -0.4 is 20.9 Å². The number of ketones is 1. The van der Waals surface area contributed by atoms with E-state index in [1.807, 2.05) is 25.1 Å². The van der Waals surface area contributed by atoms with Gasteiger partial charge in [-0.3, -0.25) is 23.7 Å². The number of amides is 2. The molecule has 0 fully saturated rings. The number of methoxy groups -OCH3 is 1. The van der Waals surface area contributed by atoms with E-state index in [1.54, 1.807) is 36.4 Å². The van der Waals surface area contributed by atoms with Gasteiger partial charge < -0.3 is 20.5 Å². The van der Waals surface area contributed by atoms with Gasteiger partial charge >= 0.3 is 0 Å². The summed E-state index contributed by atoms with van der Waals surface area (Å²) in [7, 11) is 1.41. The first kappa shape index (κ1) is 27.0. The van der Waals surface area contributed by atoms with Gasteiger partial charge in [0.15, 0.2) is 11.5 Å². The molecule has 2 amide bonds. The second-order valence-electron chi connectivity index (χ2n) is 8.81. The van der Waals surface area contributed by atoms with Gasteiger partial charge in [-0.25, -0.2) is 0 Å². The SMILES string of the molecule is CCC(CNC(=O)CO)CNC(=O)c1sc2c(c1OC)c(=O)n(CC(=O)c1ccccc1)c1ccccc21. The average Bonchev–Trinajstić information content (AvgIpc) is 3.35. The number of aliphatic hydroxyl groups excluding tert-OH is 1. The second-order valence-corrected chi connectivity index (χ2v) is 9.83. The van der Waals surface area contributed by atoms with Gasteiger partial charge in [-0.1, -0.05) is 55.5 Å². The van der Waals surface area contributed by atoms with Crippen LogP contribution in [0, 0.1) is 5.92 Å². The zero-order chi connectivity index (χ0) is 27.2. The van der Waals surface area contributed by atoms with E-state index in [9.17, 15) is 19.2 Å². The summed E-state index contributed by atoms with van der Waals surface area (Å²) in [4.78, 5) is 51.6. The number of carbonyl (C=O) groups excluding carboxylic acids is 3. The molecule has 0 saturated heterocycles. The highest BCUT2D eigenvalue weighted by atomic mass is 32.1. The quantitative estimate of drug-likeness (QED) is 0.254. The number of benzene rings is 2. The Bertz CT molecular complexity index is 1540. The smallest absolute Gasteiger partial charge is 0.265 e. The van der Waals surface area contributed by atoms with Gasteiger partial charge in [-0.05, 0) is 18.4 Å². The van der Waals surface area contributed by atoms with Crippen molar-refractivity contribution >= 4 is 49.9 Å². The largest absolute Gasteiger partial charge is 0.494 e. The molecule has 0 saturated carbocycles. The maximum Gasteiger partial charge on any atom is 0.265 e. The van der Waals surface area contributed by atoms with Crippen molar-refractivity contribution in [2.75, 3.05) is 26.8 Å². The molecule has 2 heterocycles. The number of carbonyl (C=O) groups is 3.